The van der Waals surface area contributed by atoms with E-state index in [4.69, 9.17) is 4.74 Å². The predicted octanol–water partition coefficient (Wildman–Crippen LogP) is 2.15. The number of benzene rings is 1. The van der Waals surface area contributed by atoms with E-state index in [-0.39, 0.29) is 6.03 Å². The quantitative estimate of drug-likeness (QED) is 0.579. The van der Waals surface area contributed by atoms with Crippen LogP contribution in [0.25, 0.3) is 11.0 Å². The summed E-state index contributed by atoms with van der Waals surface area (Å²) >= 11 is 0. The van der Waals surface area contributed by atoms with Gasteiger partial charge in [0.15, 0.2) is 5.82 Å². The molecule has 0 atom stereocenters. The number of H-pyrrole nitrogens is 1. The largest absolute Gasteiger partial charge is 0.385 e. The van der Waals surface area contributed by atoms with Crippen molar-refractivity contribution in [1.29, 1.82) is 0 Å². The van der Waals surface area contributed by atoms with Gasteiger partial charge in [-0.1, -0.05) is 0 Å². The Balaban J connectivity index is 1.56. The molecule has 0 spiro atoms. The first-order valence-electron chi connectivity index (χ1n) is 9.28. The van der Waals surface area contributed by atoms with Gasteiger partial charge in [-0.15, -0.1) is 10.2 Å². The van der Waals surface area contributed by atoms with Gasteiger partial charge in [0.2, 0.25) is 0 Å². The third kappa shape index (κ3) is 4.66. The van der Waals surface area contributed by atoms with Crippen molar-refractivity contribution in [3.05, 3.63) is 41.2 Å². The van der Waals surface area contributed by atoms with Crippen molar-refractivity contribution in [2.45, 2.75) is 39.9 Å². The smallest absolute Gasteiger partial charge is 0.317 e. The number of fused-ring (bicyclic) bond motifs is 1. The van der Waals surface area contributed by atoms with Gasteiger partial charge in [-0.2, -0.15) is 0 Å². The van der Waals surface area contributed by atoms with Crippen LogP contribution < -0.4 is 5.32 Å². The van der Waals surface area contributed by atoms with Gasteiger partial charge >= 0.3 is 6.03 Å². The fourth-order valence-electron chi connectivity index (χ4n) is 2.97. The Morgan fingerprint density at radius 2 is 2.11 bits per heavy atom. The molecule has 3 rings (SSSR count). The Bertz CT molecular complexity index is 908. The van der Waals surface area contributed by atoms with Crippen LogP contribution in [0.3, 0.4) is 0 Å². The molecule has 2 N–H and O–H groups in total. The number of aromatic amines is 1. The van der Waals surface area contributed by atoms with E-state index in [1.54, 1.807) is 25.4 Å². The van der Waals surface area contributed by atoms with Crippen LogP contribution in [0.2, 0.25) is 0 Å². The summed E-state index contributed by atoms with van der Waals surface area (Å²) in [5.41, 5.74) is 4.31. The number of hydrogen-bond donors (Lipinski definition) is 2. The zero-order valence-electron chi connectivity index (χ0n) is 16.8. The van der Waals surface area contributed by atoms with Crippen LogP contribution in [-0.4, -0.2) is 56.4 Å². The highest BCUT2D eigenvalue weighted by Crippen LogP contribution is 2.17. The normalized spacial score (nSPS) is 11.1. The second-order valence-electron chi connectivity index (χ2n) is 6.94. The number of rotatable bonds is 8. The average Bonchev–Trinajstić information content (AvgIpc) is 3.26. The Hall–Kier alpha value is -2.94. The van der Waals surface area contributed by atoms with Crippen LogP contribution in [0.1, 0.15) is 29.2 Å². The molecule has 0 radical (unpaired) electrons. The lowest BCUT2D eigenvalue weighted by Gasteiger charge is -2.16. The van der Waals surface area contributed by atoms with Crippen molar-refractivity contribution in [3.8, 4) is 0 Å². The van der Waals surface area contributed by atoms with E-state index in [0.717, 1.165) is 29.8 Å². The molecule has 0 saturated heterocycles. The maximum atomic E-state index is 12.4. The summed E-state index contributed by atoms with van der Waals surface area (Å²) in [7, 11) is 3.41. The van der Waals surface area contributed by atoms with Gasteiger partial charge in [0.05, 0.1) is 24.1 Å². The SMILES string of the molecule is COCCCn1cnnc1CNC(=O)N(C)Cc1nc2cc(C)c(C)cc2[nH]1. The van der Waals surface area contributed by atoms with E-state index in [1.165, 1.54) is 11.1 Å². The third-order valence-corrected chi connectivity index (χ3v) is 4.72. The molecule has 0 aliphatic rings. The number of amides is 2. The first-order chi connectivity index (χ1) is 13.5. The number of imidazole rings is 1. The van der Waals surface area contributed by atoms with Crippen LogP contribution >= 0.6 is 0 Å². The minimum atomic E-state index is -0.195. The topological polar surface area (TPSA) is 101 Å². The molecule has 2 aromatic heterocycles. The van der Waals surface area contributed by atoms with E-state index < -0.39 is 0 Å². The molecular weight excluding hydrogens is 358 g/mol. The number of hydrogen-bond acceptors (Lipinski definition) is 5. The molecule has 9 heteroatoms. The predicted molar refractivity (Wildman–Crippen MR) is 106 cm³/mol. The number of methoxy groups -OCH3 is 1. The van der Waals surface area contributed by atoms with Crippen LogP contribution in [0.4, 0.5) is 4.79 Å². The van der Waals surface area contributed by atoms with Crippen molar-refractivity contribution < 1.29 is 9.53 Å². The second-order valence-corrected chi connectivity index (χ2v) is 6.94. The standard InChI is InChI=1S/C19H27N7O2/c1-13-8-15-16(9-14(13)2)23-17(22-15)11-25(3)19(27)20-10-18-24-21-12-26(18)6-5-7-28-4/h8-9,12H,5-7,10-11H2,1-4H3,(H,20,27)(H,22,23). The molecule has 150 valence electrons. The van der Waals surface area contributed by atoms with Crippen molar-refractivity contribution in [2.75, 3.05) is 20.8 Å². The molecule has 3 aromatic rings. The molecule has 2 heterocycles. The molecular formula is C19H27N7O2. The molecule has 2 amide bonds. The summed E-state index contributed by atoms with van der Waals surface area (Å²) in [6, 6.07) is 3.94. The lowest BCUT2D eigenvalue weighted by Crippen LogP contribution is -2.37. The number of nitrogens with zero attached hydrogens (tertiary/aromatic N) is 5. The van der Waals surface area contributed by atoms with E-state index in [0.29, 0.717) is 25.5 Å². The zero-order chi connectivity index (χ0) is 20.1. The van der Waals surface area contributed by atoms with Crippen LogP contribution in [-0.2, 0) is 24.4 Å². The molecule has 0 bridgehead atoms. The third-order valence-electron chi connectivity index (χ3n) is 4.72. The van der Waals surface area contributed by atoms with Crippen molar-refractivity contribution in [1.82, 2.24) is 34.9 Å². The zero-order valence-corrected chi connectivity index (χ0v) is 16.8. The molecule has 0 aliphatic carbocycles. The number of aromatic nitrogens is 5. The molecule has 0 saturated carbocycles. The summed E-state index contributed by atoms with van der Waals surface area (Å²) < 4.78 is 6.98. The van der Waals surface area contributed by atoms with E-state index in [9.17, 15) is 4.79 Å². The molecule has 0 fully saturated rings. The van der Waals surface area contributed by atoms with Gasteiger partial charge < -0.3 is 24.5 Å². The minimum absolute atomic E-state index is 0.195. The van der Waals surface area contributed by atoms with Gasteiger partial charge in [-0.05, 0) is 43.5 Å². The lowest BCUT2D eigenvalue weighted by molar-refractivity contribution is 0.189. The number of nitrogens with one attached hydrogen (secondary N) is 2. The number of carbonyl (C=O) groups excluding carboxylic acids is 1. The van der Waals surface area contributed by atoms with Gasteiger partial charge in [-0.3, -0.25) is 0 Å². The molecule has 28 heavy (non-hydrogen) atoms. The highest BCUT2D eigenvalue weighted by molar-refractivity contribution is 5.77. The molecule has 9 nitrogen and oxygen atoms in total. The Morgan fingerprint density at radius 1 is 1.32 bits per heavy atom. The summed E-state index contributed by atoms with van der Waals surface area (Å²) in [4.78, 5) is 21.9. The van der Waals surface area contributed by atoms with E-state index >= 15 is 0 Å². The second kappa shape index (κ2) is 8.83. The first kappa shape index (κ1) is 19.8. The Labute approximate surface area is 164 Å². The van der Waals surface area contributed by atoms with Gasteiger partial charge in [0.1, 0.15) is 12.2 Å². The van der Waals surface area contributed by atoms with Crippen LogP contribution in [0.15, 0.2) is 18.5 Å². The number of carbonyl (C=O) groups is 1. The van der Waals surface area contributed by atoms with Crippen LogP contribution in [0, 0.1) is 13.8 Å². The summed E-state index contributed by atoms with van der Waals surface area (Å²) in [5, 5.41) is 10.9. The van der Waals surface area contributed by atoms with Crippen molar-refractivity contribution in [3.63, 3.8) is 0 Å². The van der Waals surface area contributed by atoms with E-state index in [1.807, 2.05) is 4.57 Å². The molecule has 1 aromatic carbocycles. The maximum absolute atomic E-state index is 12.4. The van der Waals surface area contributed by atoms with Gasteiger partial charge in [0, 0.05) is 27.3 Å². The monoisotopic (exact) mass is 385 g/mol. The lowest BCUT2D eigenvalue weighted by atomic mass is 10.1. The molecule has 0 aliphatic heterocycles. The summed E-state index contributed by atoms with van der Waals surface area (Å²) in [6.07, 6.45) is 2.53. The maximum Gasteiger partial charge on any atom is 0.317 e. The van der Waals surface area contributed by atoms with E-state index in [2.05, 4.69) is 51.5 Å². The Kier molecular flexibility index (Phi) is 6.25. The highest BCUT2D eigenvalue weighted by atomic mass is 16.5. The van der Waals surface area contributed by atoms with Crippen molar-refractivity contribution in [2.24, 2.45) is 0 Å². The average molecular weight is 385 g/mol. The first-order valence-corrected chi connectivity index (χ1v) is 9.28. The minimum Gasteiger partial charge on any atom is -0.385 e. The number of ether oxygens (including phenoxy) is 1. The van der Waals surface area contributed by atoms with Crippen LogP contribution in [0.5, 0.6) is 0 Å². The fourth-order valence-corrected chi connectivity index (χ4v) is 2.97. The molecule has 0 unspecified atom stereocenters. The fraction of sp³-hybridized carbons (Fsp3) is 0.474. The summed E-state index contributed by atoms with van der Waals surface area (Å²) in [5.74, 6) is 1.47. The Morgan fingerprint density at radius 3 is 2.89 bits per heavy atom. The highest BCUT2D eigenvalue weighted by Gasteiger charge is 2.13. The summed E-state index contributed by atoms with van der Waals surface area (Å²) in [6.45, 7) is 6.26. The van der Waals surface area contributed by atoms with Gasteiger partial charge in [0.25, 0.3) is 0 Å². The van der Waals surface area contributed by atoms with Gasteiger partial charge in [-0.25, -0.2) is 9.78 Å². The number of urea groups is 1. The number of aryl methyl sites for hydroxylation is 3. The van der Waals surface area contributed by atoms with Crippen molar-refractivity contribution >= 4 is 17.1 Å².